The number of nitrogens with two attached hydrogens (primary N) is 1. The van der Waals surface area contributed by atoms with Crippen molar-refractivity contribution in [3.8, 4) is 5.75 Å². The zero-order chi connectivity index (χ0) is 26.6. The first-order chi connectivity index (χ1) is 16.1. The number of carbonyl (C=O) groups is 4. The largest absolute Gasteiger partial charge is 0.508 e. The van der Waals surface area contributed by atoms with Crippen molar-refractivity contribution in [1.29, 1.82) is 0 Å². The number of phenols is 1. The zero-order valence-electron chi connectivity index (χ0n) is 21.4. The molecule has 0 spiro atoms. The van der Waals surface area contributed by atoms with Gasteiger partial charge in [0, 0.05) is 23.6 Å². The topological polar surface area (TPSA) is 151 Å². The van der Waals surface area contributed by atoms with E-state index in [9.17, 15) is 24.3 Å². The molecule has 10 heteroatoms. The van der Waals surface area contributed by atoms with Crippen LogP contribution in [0.5, 0.6) is 5.75 Å². The minimum absolute atomic E-state index is 0.0645. The number of aromatic hydroxyl groups is 1. The Balaban J connectivity index is 2.48. The van der Waals surface area contributed by atoms with E-state index in [-0.39, 0.29) is 30.2 Å². The third-order valence-electron chi connectivity index (χ3n) is 5.12. The smallest absolute Gasteiger partial charge is 0.408 e. The molecule has 2 atom stereocenters. The molecular weight excluding hydrogens is 452 g/mol. The van der Waals surface area contributed by atoms with E-state index in [2.05, 4.69) is 10.6 Å². The van der Waals surface area contributed by atoms with E-state index in [1.807, 2.05) is 20.8 Å². The summed E-state index contributed by atoms with van der Waals surface area (Å²) in [4.78, 5) is 52.7. The Morgan fingerprint density at radius 2 is 1.71 bits per heavy atom. The van der Waals surface area contributed by atoms with E-state index in [1.54, 1.807) is 39.0 Å². The van der Waals surface area contributed by atoms with Gasteiger partial charge in [-0.15, -0.1) is 0 Å². The number of hydrogen-bond acceptors (Lipinski definition) is 6. The van der Waals surface area contributed by atoms with Crippen LogP contribution < -0.4 is 16.4 Å². The van der Waals surface area contributed by atoms with Crippen LogP contribution in [-0.4, -0.2) is 57.0 Å². The van der Waals surface area contributed by atoms with E-state index >= 15 is 0 Å². The predicted octanol–water partition coefficient (Wildman–Crippen LogP) is 2.50. The van der Waals surface area contributed by atoms with Gasteiger partial charge in [-0.25, -0.2) is 4.79 Å². The van der Waals surface area contributed by atoms with Crippen LogP contribution >= 0.6 is 0 Å². The molecule has 0 heterocycles. The third-order valence-corrected chi connectivity index (χ3v) is 5.12. The normalized spacial score (nSPS) is 15.5. The first kappa shape index (κ1) is 27.9. The lowest BCUT2D eigenvalue weighted by atomic mass is 9.99. The van der Waals surface area contributed by atoms with Crippen molar-refractivity contribution in [1.82, 2.24) is 15.5 Å². The maximum absolute atomic E-state index is 13.9. The number of amides is 4. The lowest BCUT2D eigenvalue weighted by Gasteiger charge is -2.36. The molecule has 0 aromatic heterocycles. The summed E-state index contributed by atoms with van der Waals surface area (Å²) in [7, 11) is 0. The molecule has 4 amide bonds. The second-order valence-corrected chi connectivity index (χ2v) is 10.9. The number of hydrogen-bond donors (Lipinski definition) is 4. The molecule has 194 valence electrons. The van der Waals surface area contributed by atoms with Crippen LogP contribution in [0.2, 0.25) is 0 Å². The highest BCUT2D eigenvalue weighted by atomic mass is 16.6. The summed E-state index contributed by atoms with van der Waals surface area (Å²) < 4.78 is 5.30. The van der Waals surface area contributed by atoms with Crippen LogP contribution in [0.1, 0.15) is 78.8 Å². The highest BCUT2D eigenvalue weighted by molar-refractivity contribution is 5.93. The molecular formula is C25H38N4O6. The lowest BCUT2D eigenvalue weighted by molar-refractivity contribution is -0.144. The molecule has 10 nitrogen and oxygen atoms in total. The number of nitrogens with one attached hydrogen (secondary N) is 2. The van der Waals surface area contributed by atoms with E-state index < -0.39 is 47.0 Å². The summed E-state index contributed by atoms with van der Waals surface area (Å²) in [6, 6.07) is 3.76. The van der Waals surface area contributed by atoms with E-state index in [1.165, 1.54) is 11.0 Å². The van der Waals surface area contributed by atoms with Gasteiger partial charge in [-0.1, -0.05) is 18.2 Å². The van der Waals surface area contributed by atoms with Crippen LogP contribution in [0.15, 0.2) is 24.3 Å². The summed E-state index contributed by atoms with van der Waals surface area (Å²) in [6.07, 6.45) is 0.279. The summed E-state index contributed by atoms with van der Waals surface area (Å²) in [5, 5.41) is 16.0. The SMILES string of the molecule is CC(C)(C)NC(=O)C(c1ccccc1O)N(C(=O)C(CCC(N)=O)NC(=O)OC(C)(C)C)C1CC1. The molecule has 1 aromatic rings. The van der Waals surface area contributed by atoms with E-state index in [0.29, 0.717) is 12.8 Å². The lowest BCUT2D eigenvalue weighted by Crippen LogP contribution is -2.55. The highest BCUT2D eigenvalue weighted by Gasteiger charge is 2.45. The number of primary amides is 1. The summed E-state index contributed by atoms with van der Waals surface area (Å²) in [5.74, 6) is -1.79. The van der Waals surface area contributed by atoms with Gasteiger partial charge in [0.05, 0.1) is 0 Å². The molecule has 1 saturated carbocycles. The van der Waals surface area contributed by atoms with E-state index in [4.69, 9.17) is 10.5 Å². The number of benzene rings is 1. The Morgan fingerprint density at radius 3 is 2.20 bits per heavy atom. The van der Waals surface area contributed by atoms with Gasteiger partial charge in [-0.05, 0) is 66.9 Å². The van der Waals surface area contributed by atoms with Gasteiger partial charge in [0.1, 0.15) is 23.4 Å². The number of ether oxygens (including phenoxy) is 1. The minimum Gasteiger partial charge on any atom is -0.508 e. The van der Waals surface area contributed by atoms with Crippen molar-refractivity contribution in [2.75, 3.05) is 0 Å². The molecule has 1 aliphatic carbocycles. The van der Waals surface area contributed by atoms with Crippen molar-refractivity contribution in [3.05, 3.63) is 29.8 Å². The standard InChI is InChI=1S/C25H38N4O6/c1-24(2,3)28-21(32)20(16-9-7-8-10-18(16)30)29(15-11-12-15)22(33)17(13-14-19(26)31)27-23(34)35-25(4,5)6/h7-10,15,17,20,30H,11-14H2,1-6H3,(H2,26,31)(H,27,34)(H,28,32). The van der Waals surface area contributed by atoms with Gasteiger partial charge in [-0.2, -0.15) is 0 Å². The zero-order valence-corrected chi connectivity index (χ0v) is 21.4. The molecule has 5 N–H and O–H groups in total. The molecule has 35 heavy (non-hydrogen) atoms. The molecule has 2 unspecified atom stereocenters. The van der Waals surface area contributed by atoms with Crippen LogP contribution in [0.4, 0.5) is 4.79 Å². The summed E-state index contributed by atoms with van der Waals surface area (Å²) >= 11 is 0. The predicted molar refractivity (Wildman–Crippen MR) is 130 cm³/mol. The summed E-state index contributed by atoms with van der Waals surface area (Å²) in [6.45, 7) is 10.5. The van der Waals surface area contributed by atoms with Gasteiger partial charge < -0.3 is 31.1 Å². The Labute approximate surface area is 206 Å². The number of rotatable bonds is 9. The first-order valence-corrected chi connectivity index (χ1v) is 11.8. The average molecular weight is 491 g/mol. The second-order valence-electron chi connectivity index (χ2n) is 10.9. The van der Waals surface area contributed by atoms with Crippen LogP contribution in [0.25, 0.3) is 0 Å². The van der Waals surface area contributed by atoms with Crippen molar-refractivity contribution in [2.24, 2.45) is 5.73 Å². The van der Waals surface area contributed by atoms with Crippen molar-refractivity contribution in [3.63, 3.8) is 0 Å². The van der Waals surface area contributed by atoms with Gasteiger partial charge in [-0.3, -0.25) is 14.4 Å². The number of carbonyl (C=O) groups excluding carboxylic acids is 4. The molecule has 0 saturated heterocycles. The van der Waals surface area contributed by atoms with Gasteiger partial charge in [0.25, 0.3) is 0 Å². The van der Waals surface area contributed by atoms with Gasteiger partial charge in [0.15, 0.2) is 0 Å². The Hall–Kier alpha value is -3.30. The second kappa shape index (κ2) is 11.0. The minimum atomic E-state index is -1.16. The Bertz CT molecular complexity index is 946. The molecule has 0 bridgehead atoms. The molecule has 2 rings (SSSR count). The highest BCUT2D eigenvalue weighted by Crippen LogP contribution is 2.38. The first-order valence-electron chi connectivity index (χ1n) is 11.8. The maximum atomic E-state index is 13.9. The van der Waals surface area contributed by atoms with Crippen LogP contribution in [0.3, 0.4) is 0 Å². The fourth-order valence-corrected chi connectivity index (χ4v) is 3.62. The fraction of sp³-hybridized carbons (Fsp3) is 0.600. The Morgan fingerprint density at radius 1 is 1.11 bits per heavy atom. The number of para-hydroxylation sites is 1. The van der Waals surface area contributed by atoms with E-state index in [0.717, 1.165) is 0 Å². The molecule has 1 aromatic carbocycles. The number of nitrogens with zero attached hydrogens (tertiary/aromatic N) is 1. The van der Waals surface area contributed by atoms with Crippen molar-refractivity contribution in [2.45, 2.75) is 96.5 Å². The van der Waals surface area contributed by atoms with Crippen molar-refractivity contribution < 1.29 is 29.0 Å². The number of phenolic OH excluding ortho intramolecular Hbond substituents is 1. The Kier molecular flexibility index (Phi) is 8.75. The van der Waals surface area contributed by atoms with Gasteiger partial charge in [0.2, 0.25) is 17.7 Å². The molecule has 1 aliphatic rings. The molecule has 0 radical (unpaired) electrons. The summed E-state index contributed by atoms with van der Waals surface area (Å²) in [5.41, 5.74) is 4.17. The molecule has 0 aliphatic heterocycles. The molecule has 1 fully saturated rings. The van der Waals surface area contributed by atoms with Crippen LogP contribution in [-0.2, 0) is 19.1 Å². The average Bonchev–Trinajstić information content (AvgIpc) is 3.51. The fourth-order valence-electron chi connectivity index (χ4n) is 3.62. The van der Waals surface area contributed by atoms with Crippen molar-refractivity contribution >= 4 is 23.8 Å². The quantitative estimate of drug-likeness (QED) is 0.417. The van der Waals surface area contributed by atoms with Gasteiger partial charge >= 0.3 is 6.09 Å². The third kappa shape index (κ3) is 8.77. The number of alkyl carbamates (subject to hydrolysis) is 1. The monoisotopic (exact) mass is 490 g/mol. The maximum Gasteiger partial charge on any atom is 0.408 e. The van der Waals surface area contributed by atoms with Crippen LogP contribution in [0, 0.1) is 0 Å².